The van der Waals surface area contributed by atoms with E-state index in [1.807, 2.05) is 0 Å². The first-order valence-corrected chi connectivity index (χ1v) is 3.96. The maximum atomic E-state index is 11.9. The monoisotopic (exact) mass is 231 g/mol. The molecule has 1 heterocycles. The van der Waals surface area contributed by atoms with Crippen LogP contribution in [0.25, 0.3) is 0 Å². The molecule has 2 rings (SSSR count). The fourth-order valence-corrected chi connectivity index (χ4v) is 1.64. The molecule has 0 N–H and O–H groups in total. The number of nitrogens with zero attached hydrogens (tertiary/aromatic N) is 1. The molecular formula is C6H6BF3KNO2. The molecule has 72 valence electrons. The van der Waals surface area contributed by atoms with Crippen LogP contribution in [-0.4, -0.2) is 30.1 Å². The van der Waals surface area contributed by atoms with Crippen molar-refractivity contribution in [3.05, 3.63) is 0 Å². The third kappa shape index (κ3) is 2.24. The Balaban J connectivity index is 0.000000980. The van der Waals surface area contributed by atoms with E-state index in [2.05, 4.69) is 0 Å². The Morgan fingerprint density at radius 2 is 1.64 bits per heavy atom. The van der Waals surface area contributed by atoms with Gasteiger partial charge >= 0.3 is 58.4 Å². The molecule has 0 aromatic rings. The molecule has 3 nitrogen and oxygen atoms in total. The molecule has 0 spiro atoms. The number of carbonyl (C=O) groups excluding carboxylic acids is 2. The van der Waals surface area contributed by atoms with Gasteiger partial charge in [-0.25, -0.2) is 0 Å². The van der Waals surface area contributed by atoms with Crippen molar-refractivity contribution in [1.29, 1.82) is 0 Å². The predicted octanol–water partition coefficient (Wildman–Crippen LogP) is -2.62. The topological polar surface area (TPSA) is 37.4 Å². The van der Waals surface area contributed by atoms with Crippen molar-refractivity contribution in [3.8, 4) is 0 Å². The largest absolute Gasteiger partial charge is 1.00 e. The number of rotatable bonds is 2. The molecular weight excluding hydrogens is 225 g/mol. The van der Waals surface area contributed by atoms with Crippen LogP contribution in [0, 0.1) is 11.8 Å². The second-order valence-corrected chi connectivity index (χ2v) is 3.45. The van der Waals surface area contributed by atoms with E-state index in [4.69, 9.17) is 0 Å². The van der Waals surface area contributed by atoms with E-state index in [9.17, 15) is 22.5 Å². The van der Waals surface area contributed by atoms with Gasteiger partial charge < -0.3 is 17.8 Å². The van der Waals surface area contributed by atoms with E-state index in [1.165, 1.54) is 0 Å². The fourth-order valence-electron chi connectivity index (χ4n) is 1.64. The molecule has 2 amide bonds. The third-order valence-corrected chi connectivity index (χ3v) is 2.35. The van der Waals surface area contributed by atoms with E-state index in [1.54, 1.807) is 0 Å². The summed E-state index contributed by atoms with van der Waals surface area (Å²) in [7, 11) is 0. The van der Waals surface area contributed by atoms with Crippen LogP contribution in [0.5, 0.6) is 0 Å². The minimum atomic E-state index is -5.09. The van der Waals surface area contributed by atoms with Crippen molar-refractivity contribution >= 4 is 18.8 Å². The van der Waals surface area contributed by atoms with Crippen molar-refractivity contribution in [2.24, 2.45) is 11.8 Å². The molecule has 1 saturated heterocycles. The molecule has 1 aliphatic heterocycles. The average molecular weight is 231 g/mol. The summed E-state index contributed by atoms with van der Waals surface area (Å²) in [6, 6.07) is 0. The zero-order chi connectivity index (χ0) is 9.80. The Labute approximate surface area is 121 Å². The minimum Gasteiger partial charge on any atom is -0.448 e. The number of halogens is 3. The van der Waals surface area contributed by atoms with E-state index < -0.39 is 37.1 Å². The molecule has 2 fully saturated rings. The van der Waals surface area contributed by atoms with Gasteiger partial charge in [0.2, 0.25) is 11.8 Å². The quantitative estimate of drug-likeness (QED) is 0.385. The van der Waals surface area contributed by atoms with Crippen molar-refractivity contribution in [1.82, 2.24) is 4.90 Å². The molecule has 0 radical (unpaired) electrons. The van der Waals surface area contributed by atoms with Crippen LogP contribution in [0.3, 0.4) is 0 Å². The van der Waals surface area contributed by atoms with E-state index in [0.29, 0.717) is 11.3 Å². The molecule has 2 unspecified atom stereocenters. The molecule has 0 aromatic carbocycles. The zero-order valence-corrected chi connectivity index (χ0v) is 10.7. The summed E-state index contributed by atoms with van der Waals surface area (Å²) in [4.78, 5) is 22.4. The van der Waals surface area contributed by atoms with Gasteiger partial charge in [-0.15, -0.1) is 0 Å². The van der Waals surface area contributed by atoms with Crippen molar-refractivity contribution in [2.75, 3.05) is 6.44 Å². The number of likely N-dealkylation sites (tertiary alicyclic amines) is 1. The number of carbonyl (C=O) groups is 2. The zero-order valence-electron chi connectivity index (χ0n) is 7.54. The van der Waals surface area contributed by atoms with Crippen LogP contribution in [-0.2, 0) is 9.59 Å². The first kappa shape index (κ1) is 12.7. The van der Waals surface area contributed by atoms with Gasteiger partial charge in [-0.3, -0.25) is 9.59 Å². The van der Waals surface area contributed by atoms with Crippen molar-refractivity contribution in [2.45, 2.75) is 6.42 Å². The van der Waals surface area contributed by atoms with Crippen LogP contribution in [0.2, 0.25) is 0 Å². The number of amides is 2. The van der Waals surface area contributed by atoms with Gasteiger partial charge in [-0.1, -0.05) is 0 Å². The van der Waals surface area contributed by atoms with E-state index >= 15 is 0 Å². The Kier molecular flexibility index (Phi) is 3.53. The van der Waals surface area contributed by atoms with Gasteiger partial charge in [0.1, 0.15) is 0 Å². The van der Waals surface area contributed by atoms with Gasteiger partial charge in [-0.2, -0.15) is 0 Å². The minimum absolute atomic E-state index is 0. The Morgan fingerprint density at radius 3 is 2.00 bits per heavy atom. The summed E-state index contributed by atoms with van der Waals surface area (Å²) >= 11 is 0. The summed E-state index contributed by atoms with van der Waals surface area (Å²) < 4.78 is 35.7. The van der Waals surface area contributed by atoms with Crippen LogP contribution in [0.1, 0.15) is 6.42 Å². The first-order chi connectivity index (χ1) is 5.90. The van der Waals surface area contributed by atoms with E-state index in [-0.39, 0.29) is 51.4 Å². The second-order valence-electron chi connectivity index (χ2n) is 3.45. The molecule has 2 aliphatic rings. The summed E-state index contributed by atoms with van der Waals surface area (Å²) in [5.41, 5.74) is 0. The van der Waals surface area contributed by atoms with Crippen LogP contribution >= 0.6 is 0 Å². The Bertz CT molecular complexity index is 275. The molecule has 0 bridgehead atoms. The van der Waals surface area contributed by atoms with E-state index in [0.717, 1.165) is 0 Å². The van der Waals surface area contributed by atoms with Crippen LogP contribution in [0.4, 0.5) is 12.9 Å². The smallest absolute Gasteiger partial charge is 0.448 e. The van der Waals surface area contributed by atoms with Gasteiger partial charge in [0.05, 0.1) is 11.8 Å². The van der Waals surface area contributed by atoms with Gasteiger partial charge in [0, 0.05) is 0 Å². The predicted molar refractivity (Wildman–Crippen MR) is 37.4 cm³/mol. The average Bonchev–Trinajstić information content (AvgIpc) is 2.69. The number of imide groups is 1. The number of hydrogen-bond donors (Lipinski definition) is 0. The van der Waals surface area contributed by atoms with Gasteiger partial charge in [0.15, 0.2) is 0 Å². The summed E-state index contributed by atoms with van der Waals surface area (Å²) in [6.07, 6.45) is -0.927. The van der Waals surface area contributed by atoms with Crippen LogP contribution < -0.4 is 51.4 Å². The van der Waals surface area contributed by atoms with Gasteiger partial charge in [0.25, 0.3) is 0 Å². The SMILES string of the molecule is O=C1C2CC2C(=O)N1C[B-](F)(F)F.[K+]. The standard InChI is InChI=1S/C6H6BF3NO2.K/c8-7(9,10)2-11-5(12)3-1-4(3)6(11)13;/h3-4H,1-2H2;/q-1;+1. The first-order valence-electron chi connectivity index (χ1n) is 3.96. The fraction of sp³-hybridized carbons (Fsp3) is 0.667. The van der Waals surface area contributed by atoms with Crippen molar-refractivity contribution < 1.29 is 73.9 Å². The molecule has 0 aromatic heterocycles. The van der Waals surface area contributed by atoms with Gasteiger partial charge in [-0.05, 0) is 12.9 Å². The molecule has 1 saturated carbocycles. The van der Waals surface area contributed by atoms with Crippen molar-refractivity contribution in [3.63, 3.8) is 0 Å². The summed E-state index contributed by atoms with van der Waals surface area (Å²) in [6.45, 7) is -5.09. The summed E-state index contributed by atoms with van der Waals surface area (Å²) in [5.74, 6) is -2.17. The molecule has 14 heavy (non-hydrogen) atoms. The normalized spacial score (nSPS) is 30.1. The maximum Gasteiger partial charge on any atom is 1.00 e. The second kappa shape index (κ2) is 3.89. The van der Waals surface area contributed by atoms with Crippen LogP contribution in [0.15, 0.2) is 0 Å². The maximum absolute atomic E-state index is 11.9. The number of piperidine rings is 1. The third-order valence-electron chi connectivity index (χ3n) is 2.35. The Morgan fingerprint density at radius 1 is 1.21 bits per heavy atom. The number of hydrogen-bond acceptors (Lipinski definition) is 2. The Hall–Kier alpha value is 0.631. The summed E-state index contributed by atoms with van der Waals surface area (Å²) in [5, 5.41) is 0. The molecule has 2 atom stereocenters. The number of fused-ring (bicyclic) bond motifs is 1. The molecule has 1 aliphatic carbocycles. The molecule has 8 heteroatoms.